The lowest BCUT2D eigenvalue weighted by molar-refractivity contribution is -0.122. The van der Waals surface area contributed by atoms with Crippen molar-refractivity contribution in [3.8, 4) is 5.75 Å². The van der Waals surface area contributed by atoms with Gasteiger partial charge in [0.05, 0.1) is 24.2 Å². The van der Waals surface area contributed by atoms with E-state index in [2.05, 4.69) is 31.6 Å². The predicted molar refractivity (Wildman–Crippen MR) is 163 cm³/mol. The fraction of sp³-hybridized carbons (Fsp3) is 0.226. The molecule has 3 aliphatic rings. The van der Waals surface area contributed by atoms with Crippen LogP contribution >= 0.6 is 11.6 Å². The highest BCUT2D eigenvalue weighted by Crippen LogP contribution is 2.16. The van der Waals surface area contributed by atoms with Gasteiger partial charge in [-0.2, -0.15) is 15.3 Å². The average molecular weight is 587 g/mol. The van der Waals surface area contributed by atoms with Crippen LogP contribution in [-0.4, -0.2) is 42.0 Å². The lowest BCUT2D eigenvalue weighted by Crippen LogP contribution is -2.25. The van der Waals surface area contributed by atoms with Crippen molar-refractivity contribution >= 4 is 46.5 Å². The molecule has 0 unspecified atom stereocenters. The standard InChI is InChI=1S/C11H12N2O2.C10H9ClN2O.C10H10N2O/c1-15-9-4-2-8(3-5-9)10-6-7-11(14)13-12-10;11-8-3-1-7(2-4-8)9-5-6-10(14)13-12-9;13-10-7-6-9(11-12-10)8-4-2-1-3-5-8/h2-5H,6-7H2,1H3,(H,13,14);1-4H,5-6H2,(H,13,14);1-5H,6-7H2,(H,12,13). The van der Waals surface area contributed by atoms with E-state index in [4.69, 9.17) is 16.3 Å². The second kappa shape index (κ2) is 15.2. The van der Waals surface area contributed by atoms with Crippen LogP contribution in [0.4, 0.5) is 0 Å². The van der Waals surface area contributed by atoms with Gasteiger partial charge in [-0.15, -0.1) is 0 Å². The maximum Gasteiger partial charge on any atom is 0.240 e. The summed E-state index contributed by atoms with van der Waals surface area (Å²) in [4.78, 5) is 32.6. The highest BCUT2D eigenvalue weighted by atomic mass is 35.5. The molecule has 42 heavy (non-hydrogen) atoms. The van der Waals surface area contributed by atoms with Crippen LogP contribution in [0.5, 0.6) is 5.75 Å². The van der Waals surface area contributed by atoms with Crippen molar-refractivity contribution in [1.82, 2.24) is 16.3 Å². The van der Waals surface area contributed by atoms with Gasteiger partial charge in [0, 0.05) is 43.5 Å². The molecule has 0 saturated heterocycles. The van der Waals surface area contributed by atoms with Crippen molar-refractivity contribution in [3.05, 3.63) is 101 Å². The summed E-state index contributed by atoms with van der Waals surface area (Å²) >= 11 is 5.76. The van der Waals surface area contributed by atoms with Gasteiger partial charge >= 0.3 is 0 Å². The lowest BCUT2D eigenvalue weighted by atomic mass is 10.0. The van der Waals surface area contributed by atoms with Crippen molar-refractivity contribution in [2.75, 3.05) is 7.11 Å². The fourth-order valence-corrected chi connectivity index (χ4v) is 4.23. The Balaban J connectivity index is 0.000000145. The summed E-state index contributed by atoms with van der Waals surface area (Å²) in [7, 11) is 1.63. The van der Waals surface area contributed by atoms with Crippen LogP contribution in [0.2, 0.25) is 5.02 Å². The molecule has 0 atom stereocenters. The topological polar surface area (TPSA) is 134 Å². The van der Waals surface area contributed by atoms with E-state index in [1.54, 1.807) is 7.11 Å². The first kappa shape index (κ1) is 30.1. The smallest absolute Gasteiger partial charge is 0.240 e. The molecule has 0 bridgehead atoms. The Kier molecular flexibility index (Phi) is 10.9. The molecule has 3 aliphatic heterocycles. The average Bonchev–Trinajstić information content (AvgIpc) is 3.04. The zero-order chi connectivity index (χ0) is 29.7. The van der Waals surface area contributed by atoms with Crippen molar-refractivity contribution < 1.29 is 19.1 Å². The molecule has 0 radical (unpaired) electrons. The van der Waals surface area contributed by atoms with Crippen LogP contribution in [0.1, 0.15) is 55.2 Å². The minimum absolute atomic E-state index is 0.000295. The number of nitrogens with zero attached hydrogens (tertiary/aromatic N) is 3. The zero-order valence-electron chi connectivity index (χ0n) is 23.1. The molecule has 11 heteroatoms. The summed E-state index contributed by atoms with van der Waals surface area (Å²) in [5, 5.41) is 12.7. The molecular weight excluding hydrogens is 556 g/mol. The van der Waals surface area contributed by atoms with E-state index < -0.39 is 0 Å². The minimum Gasteiger partial charge on any atom is -0.497 e. The number of ether oxygens (including phenoxy) is 1. The van der Waals surface area contributed by atoms with E-state index in [-0.39, 0.29) is 17.7 Å². The molecule has 3 amide bonds. The Labute approximate surface area is 248 Å². The fourth-order valence-electron chi connectivity index (χ4n) is 4.10. The highest BCUT2D eigenvalue weighted by molar-refractivity contribution is 6.30. The number of methoxy groups -OCH3 is 1. The third-order valence-electron chi connectivity index (χ3n) is 6.42. The van der Waals surface area contributed by atoms with Crippen LogP contribution in [0.3, 0.4) is 0 Å². The maximum absolute atomic E-state index is 10.9. The van der Waals surface area contributed by atoms with Crippen molar-refractivity contribution in [2.45, 2.75) is 38.5 Å². The Morgan fingerprint density at radius 2 is 0.929 bits per heavy atom. The molecule has 3 aromatic carbocycles. The van der Waals surface area contributed by atoms with Gasteiger partial charge in [0.1, 0.15) is 5.75 Å². The number of hydrogen-bond donors (Lipinski definition) is 3. The first-order chi connectivity index (χ1) is 20.4. The van der Waals surface area contributed by atoms with E-state index in [1.807, 2.05) is 78.9 Å². The molecule has 0 saturated carbocycles. The number of nitrogens with one attached hydrogen (secondary N) is 3. The molecule has 3 aromatic rings. The number of halogens is 1. The number of carbonyl (C=O) groups is 3. The van der Waals surface area contributed by atoms with Gasteiger partial charge in [0.15, 0.2) is 0 Å². The van der Waals surface area contributed by atoms with Crippen molar-refractivity contribution in [1.29, 1.82) is 0 Å². The second-order valence-electron chi connectivity index (χ2n) is 9.38. The van der Waals surface area contributed by atoms with Crippen LogP contribution in [0, 0.1) is 0 Å². The van der Waals surface area contributed by atoms with Gasteiger partial charge in [-0.25, -0.2) is 16.3 Å². The van der Waals surface area contributed by atoms with E-state index in [0.717, 1.165) is 46.0 Å². The van der Waals surface area contributed by atoms with Crippen LogP contribution in [0.25, 0.3) is 0 Å². The monoisotopic (exact) mass is 586 g/mol. The third-order valence-corrected chi connectivity index (χ3v) is 6.67. The third kappa shape index (κ3) is 9.10. The molecule has 0 aliphatic carbocycles. The summed E-state index contributed by atoms with van der Waals surface area (Å²) in [6.07, 6.45) is 3.65. The highest BCUT2D eigenvalue weighted by Gasteiger charge is 2.14. The molecule has 3 N–H and O–H groups in total. The molecule has 6 rings (SSSR count). The summed E-state index contributed by atoms with van der Waals surface area (Å²) in [6, 6.07) is 25.0. The Morgan fingerprint density at radius 1 is 0.548 bits per heavy atom. The first-order valence-corrected chi connectivity index (χ1v) is 13.8. The summed E-state index contributed by atoms with van der Waals surface area (Å²) in [5.74, 6) is 0.772. The lowest BCUT2D eigenvalue weighted by Gasteiger charge is -2.12. The van der Waals surface area contributed by atoms with E-state index in [1.165, 1.54) is 0 Å². The van der Waals surface area contributed by atoms with Crippen molar-refractivity contribution in [3.63, 3.8) is 0 Å². The SMILES string of the molecule is COc1ccc(C2=NNC(=O)CC2)cc1.O=C1CCC(c2ccc(Cl)cc2)=NN1.O=C1CCC(c2ccccc2)=NN1. The van der Waals surface area contributed by atoms with Gasteiger partial charge in [0.2, 0.25) is 17.7 Å². The molecule has 216 valence electrons. The van der Waals surface area contributed by atoms with Gasteiger partial charge < -0.3 is 4.74 Å². The first-order valence-electron chi connectivity index (χ1n) is 13.4. The summed E-state index contributed by atoms with van der Waals surface area (Å²) < 4.78 is 5.06. The number of benzene rings is 3. The number of hydrogen-bond acceptors (Lipinski definition) is 7. The van der Waals surface area contributed by atoms with Crippen LogP contribution in [0.15, 0.2) is 94.2 Å². The van der Waals surface area contributed by atoms with Crippen LogP contribution in [-0.2, 0) is 14.4 Å². The predicted octanol–water partition coefficient (Wildman–Crippen LogP) is 4.56. The summed E-state index contributed by atoms with van der Waals surface area (Å²) in [6.45, 7) is 0. The minimum atomic E-state index is -0.0253. The quantitative estimate of drug-likeness (QED) is 0.413. The molecule has 10 nitrogen and oxygen atoms in total. The zero-order valence-corrected chi connectivity index (χ0v) is 23.9. The van der Waals surface area contributed by atoms with Gasteiger partial charge in [0.25, 0.3) is 0 Å². The number of amides is 3. The van der Waals surface area contributed by atoms with E-state index >= 15 is 0 Å². The van der Waals surface area contributed by atoms with Crippen molar-refractivity contribution in [2.24, 2.45) is 15.3 Å². The van der Waals surface area contributed by atoms with Crippen LogP contribution < -0.4 is 21.0 Å². The van der Waals surface area contributed by atoms with Gasteiger partial charge in [-0.1, -0.05) is 54.1 Å². The van der Waals surface area contributed by atoms with Gasteiger partial charge in [-0.3, -0.25) is 14.4 Å². The second-order valence-corrected chi connectivity index (χ2v) is 9.82. The number of hydrazone groups is 3. The van der Waals surface area contributed by atoms with E-state index in [9.17, 15) is 14.4 Å². The Bertz CT molecular complexity index is 1490. The maximum atomic E-state index is 10.9. The Morgan fingerprint density at radius 3 is 1.29 bits per heavy atom. The number of carbonyl (C=O) groups excluding carboxylic acids is 3. The number of rotatable bonds is 4. The molecule has 3 heterocycles. The molecule has 0 spiro atoms. The normalized spacial score (nSPS) is 16.0. The van der Waals surface area contributed by atoms with Gasteiger partial charge in [-0.05, 0) is 53.1 Å². The van der Waals surface area contributed by atoms with E-state index in [0.29, 0.717) is 37.1 Å². The molecule has 0 aromatic heterocycles. The Hall–Kier alpha value is -4.83. The summed E-state index contributed by atoms with van der Waals surface area (Å²) in [5.41, 5.74) is 13.3. The molecular formula is C31H31ClN6O4. The molecule has 0 fully saturated rings. The largest absolute Gasteiger partial charge is 0.497 e.